The molecule has 0 aliphatic rings. The standard InChI is InChI=1S/C25H23Cl2N3O3.C2H2O4/c1-30(22(25(33)29-15-23(28)31)13-16-7-3-2-4-8-16)21-12-11-17(26)14-19(21)24(32)18-9-5-6-10-20(18)27;3-1(4)2(5)6/h2-12,14,22H,13,15H2,1H3,(H2,28,31)(H,29,33);(H,3,4)(H,5,6)/t22-;/m0./s1. The van der Waals surface area contributed by atoms with E-state index in [0.717, 1.165) is 5.56 Å². The molecule has 10 nitrogen and oxygen atoms in total. The molecule has 0 bridgehead atoms. The maximum absolute atomic E-state index is 13.4. The summed E-state index contributed by atoms with van der Waals surface area (Å²) < 4.78 is 0. The maximum Gasteiger partial charge on any atom is 0.414 e. The van der Waals surface area contributed by atoms with E-state index in [0.29, 0.717) is 33.3 Å². The van der Waals surface area contributed by atoms with Gasteiger partial charge < -0.3 is 26.2 Å². The molecule has 0 unspecified atom stereocenters. The van der Waals surface area contributed by atoms with Crippen LogP contribution in [0, 0.1) is 0 Å². The van der Waals surface area contributed by atoms with Gasteiger partial charge in [0.2, 0.25) is 11.8 Å². The van der Waals surface area contributed by atoms with Crippen LogP contribution in [0.3, 0.4) is 0 Å². The lowest BCUT2D eigenvalue weighted by Gasteiger charge is -2.31. The molecule has 0 radical (unpaired) electrons. The Bertz CT molecular complexity index is 1350. The van der Waals surface area contributed by atoms with Crippen LogP contribution >= 0.6 is 23.2 Å². The molecule has 0 heterocycles. The molecule has 0 saturated carbocycles. The molecule has 3 aromatic rings. The summed E-state index contributed by atoms with van der Waals surface area (Å²) in [4.78, 5) is 57.5. The van der Waals surface area contributed by atoms with E-state index in [4.69, 9.17) is 48.7 Å². The number of hydrogen-bond acceptors (Lipinski definition) is 6. The lowest BCUT2D eigenvalue weighted by atomic mass is 9.98. The Morgan fingerprint density at radius 1 is 0.872 bits per heavy atom. The number of benzene rings is 3. The Kier molecular flexibility index (Phi) is 11.5. The fraction of sp³-hybridized carbons (Fsp3) is 0.148. The van der Waals surface area contributed by atoms with E-state index in [1.165, 1.54) is 0 Å². The fourth-order valence-electron chi connectivity index (χ4n) is 3.49. The highest BCUT2D eigenvalue weighted by atomic mass is 35.5. The number of halogens is 2. The first-order valence-electron chi connectivity index (χ1n) is 11.3. The van der Waals surface area contributed by atoms with Gasteiger partial charge in [-0.1, -0.05) is 65.7 Å². The average molecular weight is 574 g/mol. The Hall–Kier alpha value is -4.41. The Morgan fingerprint density at radius 3 is 2.03 bits per heavy atom. The topological polar surface area (TPSA) is 167 Å². The number of carbonyl (C=O) groups is 5. The zero-order valence-electron chi connectivity index (χ0n) is 20.6. The number of carboxylic acids is 2. The van der Waals surface area contributed by atoms with Gasteiger partial charge in [0.25, 0.3) is 0 Å². The van der Waals surface area contributed by atoms with E-state index in [1.54, 1.807) is 54.4 Å². The number of hydrogen-bond donors (Lipinski definition) is 4. The van der Waals surface area contributed by atoms with Gasteiger partial charge in [0, 0.05) is 35.3 Å². The van der Waals surface area contributed by atoms with Crippen LogP contribution in [0.25, 0.3) is 0 Å². The molecule has 0 saturated heterocycles. The smallest absolute Gasteiger partial charge is 0.414 e. The van der Waals surface area contributed by atoms with E-state index >= 15 is 0 Å². The lowest BCUT2D eigenvalue weighted by Crippen LogP contribution is -2.49. The molecule has 5 N–H and O–H groups in total. The minimum absolute atomic E-state index is 0.288. The number of anilines is 1. The monoisotopic (exact) mass is 573 g/mol. The molecule has 3 aromatic carbocycles. The van der Waals surface area contributed by atoms with Crippen LogP contribution in [0.15, 0.2) is 72.8 Å². The van der Waals surface area contributed by atoms with Crippen LogP contribution in [0.2, 0.25) is 10.0 Å². The first-order valence-corrected chi connectivity index (χ1v) is 12.1. The molecule has 0 aliphatic heterocycles. The number of rotatable bonds is 9. The van der Waals surface area contributed by atoms with Crippen molar-refractivity contribution in [3.63, 3.8) is 0 Å². The minimum Gasteiger partial charge on any atom is -0.473 e. The molecule has 0 aromatic heterocycles. The first kappa shape index (κ1) is 30.8. The number of ketones is 1. The van der Waals surface area contributed by atoms with Gasteiger partial charge in [0.05, 0.1) is 11.6 Å². The van der Waals surface area contributed by atoms with Crippen molar-refractivity contribution in [1.82, 2.24) is 5.32 Å². The van der Waals surface area contributed by atoms with Gasteiger partial charge in [-0.05, 0) is 35.9 Å². The summed E-state index contributed by atoms with van der Waals surface area (Å²) in [6.45, 7) is -0.288. The van der Waals surface area contributed by atoms with Crippen molar-refractivity contribution in [3.05, 3.63) is 99.5 Å². The van der Waals surface area contributed by atoms with Gasteiger partial charge in [0.1, 0.15) is 6.04 Å². The van der Waals surface area contributed by atoms with Gasteiger partial charge in [-0.25, -0.2) is 9.59 Å². The molecule has 0 fully saturated rings. The number of primary amides is 1. The summed E-state index contributed by atoms with van der Waals surface area (Å²) in [5, 5.41) is 18.0. The number of nitrogens with zero attached hydrogens (tertiary/aromatic N) is 1. The summed E-state index contributed by atoms with van der Waals surface area (Å²) in [5.74, 6) is -5.01. The van der Waals surface area contributed by atoms with Gasteiger partial charge in [-0.2, -0.15) is 0 Å². The average Bonchev–Trinajstić information content (AvgIpc) is 2.90. The lowest BCUT2D eigenvalue weighted by molar-refractivity contribution is -0.159. The predicted octanol–water partition coefficient (Wildman–Crippen LogP) is 3.03. The number of carboxylic acid groups (broad SMARTS) is 2. The van der Waals surface area contributed by atoms with Crippen molar-refractivity contribution in [3.8, 4) is 0 Å². The summed E-state index contributed by atoms with van der Waals surface area (Å²) in [7, 11) is 1.71. The van der Waals surface area contributed by atoms with Crippen LogP contribution in [0.4, 0.5) is 5.69 Å². The molecule has 0 spiro atoms. The third-order valence-corrected chi connectivity index (χ3v) is 5.93. The Morgan fingerprint density at radius 2 is 1.46 bits per heavy atom. The van der Waals surface area contributed by atoms with Crippen LogP contribution in [0.5, 0.6) is 0 Å². The number of nitrogens with one attached hydrogen (secondary N) is 1. The zero-order valence-corrected chi connectivity index (χ0v) is 22.1. The van der Waals surface area contributed by atoms with Crippen molar-refractivity contribution < 1.29 is 34.2 Å². The summed E-state index contributed by atoms with van der Waals surface area (Å²) in [6.07, 6.45) is 0.338. The molecule has 0 aliphatic carbocycles. The number of aliphatic carboxylic acids is 2. The van der Waals surface area contributed by atoms with E-state index < -0.39 is 29.8 Å². The first-order chi connectivity index (χ1) is 18.4. The van der Waals surface area contributed by atoms with Gasteiger partial charge >= 0.3 is 11.9 Å². The number of nitrogens with two attached hydrogens (primary N) is 1. The number of amides is 2. The third-order valence-electron chi connectivity index (χ3n) is 5.36. The van der Waals surface area contributed by atoms with Crippen molar-refractivity contribution in [2.24, 2.45) is 5.73 Å². The molecular formula is C27H25Cl2N3O7. The summed E-state index contributed by atoms with van der Waals surface area (Å²) in [6, 6.07) is 20.3. The fourth-order valence-corrected chi connectivity index (χ4v) is 3.88. The highest BCUT2D eigenvalue weighted by Crippen LogP contribution is 2.30. The minimum atomic E-state index is -1.82. The second-order valence-corrected chi connectivity index (χ2v) is 8.92. The normalized spacial score (nSPS) is 10.8. The molecule has 12 heteroatoms. The van der Waals surface area contributed by atoms with Gasteiger partial charge in [0.15, 0.2) is 5.78 Å². The Labute approximate surface area is 233 Å². The Balaban J connectivity index is 0.000000798. The molecular weight excluding hydrogens is 549 g/mol. The van der Waals surface area contributed by atoms with E-state index in [2.05, 4.69) is 5.32 Å². The van der Waals surface area contributed by atoms with Crippen LogP contribution in [-0.2, 0) is 25.6 Å². The second kappa shape index (κ2) is 14.5. The maximum atomic E-state index is 13.4. The van der Waals surface area contributed by atoms with Crippen molar-refractivity contribution >= 4 is 58.4 Å². The van der Waals surface area contributed by atoms with E-state index in [9.17, 15) is 14.4 Å². The molecule has 39 heavy (non-hydrogen) atoms. The van der Waals surface area contributed by atoms with Crippen molar-refractivity contribution in [2.45, 2.75) is 12.5 Å². The quantitative estimate of drug-likeness (QED) is 0.224. The second-order valence-electron chi connectivity index (χ2n) is 8.08. The van der Waals surface area contributed by atoms with E-state index in [1.807, 2.05) is 30.3 Å². The van der Waals surface area contributed by atoms with E-state index in [-0.39, 0.29) is 12.3 Å². The number of carbonyl (C=O) groups excluding carboxylic acids is 3. The largest absolute Gasteiger partial charge is 0.473 e. The highest BCUT2D eigenvalue weighted by Gasteiger charge is 2.28. The third kappa shape index (κ3) is 9.13. The molecule has 2 amide bonds. The molecule has 1 atom stereocenters. The molecule has 3 rings (SSSR count). The summed E-state index contributed by atoms with van der Waals surface area (Å²) >= 11 is 12.5. The molecule has 204 valence electrons. The van der Waals surface area contributed by atoms with Gasteiger partial charge in [-0.15, -0.1) is 0 Å². The highest BCUT2D eigenvalue weighted by molar-refractivity contribution is 6.36. The SMILES string of the molecule is CN(c1ccc(Cl)cc1C(=O)c1ccccc1Cl)[C@@H](Cc1ccccc1)C(=O)NCC(N)=O.O=C(O)C(=O)O. The zero-order chi connectivity index (χ0) is 29.1. The van der Waals surface area contributed by atoms with Gasteiger partial charge in [-0.3, -0.25) is 14.4 Å². The van der Waals surface area contributed by atoms with Crippen molar-refractivity contribution in [1.29, 1.82) is 0 Å². The number of likely N-dealkylation sites (N-methyl/N-ethyl adjacent to an activating group) is 1. The van der Waals surface area contributed by atoms with Crippen LogP contribution in [-0.4, -0.2) is 59.4 Å². The predicted molar refractivity (Wildman–Crippen MR) is 146 cm³/mol. The van der Waals surface area contributed by atoms with Crippen molar-refractivity contribution in [2.75, 3.05) is 18.5 Å². The van der Waals surface area contributed by atoms with Crippen LogP contribution in [0.1, 0.15) is 21.5 Å². The summed E-state index contributed by atoms with van der Waals surface area (Å²) in [5.41, 5.74) is 7.25. The van der Waals surface area contributed by atoms with Crippen LogP contribution < -0.4 is 16.0 Å².